The van der Waals surface area contributed by atoms with Crippen LogP contribution in [-0.2, 0) is 0 Å². The van der Waals surface area contributed by atoms with Crippen LogP contribution in [0.1, 0.15) is 52.4 Å². The largest absolute Gasteiger partial charge is 0.343 e. The van der Waals surface area contributed by atoms with Gasteiger partial charge in [0.05, 0.1) is 0 Å². The molecule has 0 radical (unpaired) electrons. The third kappa shape index (κ3) is 6.93. The topological polar surface area (TPSA) is 33.8 Å². The molecule has 0 aliphatic carbocycles. The van der Waals surface area contributed by atoms with Gasteiger partial charge in [-0.1, -0.05) is 63.1 Å². The molecule has 1 aliphatic heterocycles. The van der Waals surface area contributed by atoms with Gasteiger partial charge in [-0.2, -0.15) is 0 Å². The molecule has 0 aromatic rings. The van der Waals surface area contributed by atoms with Crippen molar-refractivity contribution in [1.29, 1.82) is 0 Å². The van der Waals surface area contributed by atoms with Crippen LogP contribution in [0.15, 0.2) is 23.6 Å². The summed E-state index contributed by atoms with van der Waals surface area (Å²) in [4.78, 5) is 0. The lowest BCUT2D eigenvalue weighted by Gasteiger charge is -2.56. The molecular formula is C20H51N5Si5. The Balaban J connectivity index is 3.44. The first-order chi connectivity index (χ1) is 14.0. The predicted molar refractivity (Wildman–Crippen MR) is 149 cm³/mol. The molecule has 1 saturated heterocycles. The van der Waals surface area contributed by atoms with E-state index >= 15 is 0 Å². The summed E-state index contributed by atoms with van der Waals surface area (Å²) in [5.74, 6) is 0. The van der Waals surface area contributed by atoms with Gasteiger partial charge in [-0.3, -0.25) is 0 Å². The zero-order chi connectivity index (χ0) is 23.0. The maximum absolute atomic E-state index is 4.21. The van der Waals surface area contributed by atoms with Gasteiger partial charge in [0.15, 0.2) is 35.8 Å². The molecule has 0 saturated carbocycles. The Morgan fingerprint density at radius 3 is 1.80 bits per heavy atom. The summed E-state index contributed by atoms with van der Waals surface area (Å²) in [7, 11) is 0.0633. The van der Waals surface area contributed by atoms with Gasteiger partial charge in [-0.05, 0) is 66.7 Å². The SMILES string of the molecule is CCCCC=C[Si]1(C=CCCCC)N[SiH2]N[SiH](C)N(C)[Si](C)(C)N(C)[Si](C)(C)N1C. The van der Waals surface area contributed by atoms with Crippen molar-refractivity contribution in [1.82, 2.24) is 22.0 Å². The van der Waals surface area contributed by atoms with Crippen molar-refractivity contribution < 1.29 is 0 Å². The van der Waals surface area contributed by atoms with E-state index in [0.717, 1.165) is 0 Å². The minimum atomic E-state index is -2.05. The molecular weight excluding hydrogens is 451 g/mol. The fourth-order valence-electron chi connectivity index (χ4n) is 4.22. The molecule has 5 nitrogen and oxygen atoms in total. The van der Waals surface area contributed by atoms with Crippen LogP contribution in [0.25, 0.3) is 0 Å². The second-order valence-electron chi connectivity index (χ2n) is 9.87. The lowest BCUT2D eigenvalue weighted by molar-refractivity contribution is 0.565. The molecule has 1 heterocycles. The van der Waals surface area contributed by atoms with Crippen molar-refractivity contribution in [3.05, 3.63) is 23.6 Å². The summed E-state index contributed by atoms with van der Waals surface area (Å²) in [6, 6.07) is 0. The number of nitrogens with zero attached hydrogens (tertiary/aromatic N) is 3. The lowest BCUT2D eigenvalue weighted by Crippen LogP contribution is -2.82. The molecule has 1 aliphatic rings. The van der Waals surface area contributed by atoms with Gasteiger partial charge >= 0.3 is 0 Å². The smallest absolute Gasteiger partial charge is 0.242 e. The van der Waals surface area contributed by atoms with E-state index in [1.807, 2.05) is 0 Å². The molecule has 176 valence electrons. The first-order valence-electron chi connectivity index (χ1n) is 12.0. The fourth-order valence-corrected chi connectivity index (χ4v) is 30.7. The summed E-state index contributed by atoms with van der Waals surface area (Å²) in [6.07, 6.45) is 12.5. The zero-order valence-corrected chi connectivity index (χ0v) is 27.2. The Labute approximate surface area is 195 Å². The molecule has 2 N–H and O–H groups in total. The summed E-state index contributed by atoms with van der Waals surface area (Å²) in [5, 5.41) is 0. The van der Waals surface area contributed by atoms with Crippen molar-refractivity contribution in [2.24, 2.45) is 0 Å². The summed E-state index contributed by atoms with van der Waals surface area (Å²) in [6.45, 7) is 17.3. The van der Waals surface area contributed by atoms with Crippen LogP contribution in [0.2, 0.25) is 32.7 Å². The minimum absolute atomic E-state index is 0.531. The fraction of sp³-hybridized carbons (Fsp3) is 0.800. The maximum atomic E-state index is 4.21. The highest BCUT2D eigenvalue weighted by Crippen LogP contribution is 2.27. The first kappa shape index (κ1) is 28.4. The van der Waals surface area contributed by atoms with Gasteiger partial charge in [0, 0.05) is 0 Å². The first-order valence-corrected chi connectivity index (χ1v) is 23.6. The summed E-state index contributed by atoms with van der Waals surface area (Å²) >= 11 is 0. The molecule has 0 amide bonds. The van der Waals surface area contributed by atoms with Crippen molar-refractivity contribution in [2.75, 3.05) is 21.1 Å². The van der Waals surface area contributed by atoms with E-state index in [-0.39, 0.29) is 0 Å². The molecule has 0 spiro atoms. The van der Waals surface area contributed by atoms with E-state index in [1.165, 1.54) is 38.5 Å². The molecule has 0 bridgehead atoms. The Morgan fingerprint density at radius 1 is 0.833 bits per heavy atom. The monoisotopic (exact) mass is 501 g/mol. The highest BCUT2D eigenvalue weighted by Gasteiger charge is 2.50. The number of rotatable bonds is 8. The van der Waals surface area contributed by atoms with E-state index < -0.39 is 44.2 Å². The Bertz CT molecular complexity index is 552. The quantitative estimate of drug-likeness (QED) is 0.394. The Kier molecular flexibility index (Phi) is 11.9. The zero-order valence-electron chi connectivity index (χ0n) is 21.7. The van der Waals surface area contributed by atoms with Crippen LogP contribution in [0.4, 0.5) is 0 Å². The molecule has 1 rings (SSSR count). The van der Waals surface area contributed by atoms with Crippen molar-refractivity contribution in [2.45, 2.75) is 85.1 Å². The molecule has 1 unspecified atom stereocenters. The molecule has 30 heavy (non-hydrogen) atoms. The highest BCUT2D eigenvalue weighted by molar-refractivity contribution is 7.01. The van der Waals surface area contributed by atoms with Gasteiger partial charge in [0.2, 0.25) is 8.40 Å². The second kappa shape index (κ2) is 12.6. The van der Waals surface area contributed by atoms with Gasteiger partial charge < -0.3 is 22.0 Å². The van der Waals surface area contributed by atoms with Crippen LogP contribution in [-0.4, -0.2) is 78.0 Å². The van der Waals surface area contributed by atoms with E-state index in [2.05, 4.69) is 113 Å². The number of hydrogen-bond donors (Lipinski definition) is 2. The highest BCUT2D eigenvalue weighted by atomic mass is 28.5. The predicted octanol–water partition coefficient (Wildman–Crippen LogP) is 3.24. The van der Waals surface area contributed by atoms with Crippen molar-refractivity contribution in [3.63, 3.8) is 0 Å². The van der Waals surface area contributed by atoms with E-state index in [1.54, 1.807) is 0 Å². The Morgan fingerprint density at radius 2 is 1.33 bits per heavy atom. The van der Waals surface area contributed by atoms with E-state index in [9.17, 15) is 0 Å². The number of hydrogen-bond acceptors (Lipinski definition) is 5. The molecule has 0 aromatic heterocycles. The molecule has 0 aromatic carbocycles. The average molecular weight is 502 g/mol. The number of allylic oxidation sites excluding steroid dienone is 2. The van der Waals surface area contributed by atoms with E-state index in [4.69, 9.17) is 0 Å². The van der Waals surface area contributed by atoms with Crippen LogP contribution < -0.4 is 9.30 Å². The number of nitrogens with one attached hydrogen (secondary N) is 2. The lowest BCUT2D eigenvalue weighted by atomic mass is 10.2. The maximum Gasteiger partial charge on any atom is 0.242 e. The van der Waals surface area contributed by atoms with Crippen molar-refractivity contribution in [3.8, 4) is 0 Å². The van der Waals surface area contributed by atoms with Crippen LogP contribution in [0, 0.1) is 0 Å². The third-order valence-electron chi connectivity index (χ3n) is 7.42. The van der Waals surface area contributed by atoms with Crippen LogP contribution in [0.3, 0.4) is 0 Å². The molecule has 10 heteroatoms. The average Bonchev–Trinajstić information content (AvgIpc) is 2.71. The third-order valence-corrected chi connectivity index (χ3v) is 33.1. The standard InChI is InChI=1S/C20H51N5Si5/c1-11-13-15-17-19-30(20-18-16-14-12-2)22-26-21-27(6)23(3)28(7,8)24(4)29(9,10)25(30)5/h17-22,27H,11-16,26H2,1-10H3. The summed E-state index contributed by atoms with van der Waals surface area (Å²) < 4.78 is 16.7. The van der Waals surface area contributed by atoms with Crippen molar-refractivity contribution >= 4 is 44.2 Å². The minimum Gasteiger partial charge on any atom is -0.343 e. The second-order valence-corrected chi connectivity index (χ2v) is 28.5. The van der Waals surface area contributed by atoms with Gasteiger partial charge in [-0.25, -0.2) is 0 Å². The van der Waals surface area contributed by atoms with Gasteiger partial charge in [-0.15, -0.1) is 0 Å². The Hall–Kier alpha value is 0.364. The van der Waals surface area contributed by atoms with Crippen LogP contribution in [0.5, 0.6) is 0 Å². The molecule has 1 fully saturated rings. The van der Waals surface area contributed by atoms with E-state index in [0.29, 0.717) is 0 Å². The normalized spacial score (nSPS) is 30.5. The molecule has 1 atom stereocenters. The summed E-state index contributed by atoms with van der Waals surface area (Å²) in [5.41, 5.74) is 5.24. The number of unbranched alkanes of at least 4 members (excludes halogenated alkanes) is 4. The van der Waals surface area contributed by atoms with Gasteiger partial charge in [0.1, 0.15) is 0 Å². The van der Waals surface area contributed by atoms with Gasteiger partial charge in [0.25, 0.3) is 0 Å². The van der Waals surface area contributed by atoms with Crippen LogP contribution >= 0.6 is 0 Å².